The van der Waals surface area contributed by atoms with Crippen molar-refractivity contribution in [3.05, 3.63) is 83.9 Å². The normalized spacial score (nSPS) is 11.2. The van der Waals surface area contributed by atoms with Gasteiger partial charge in [0.2, 0.25) is 0 Å². The molecule has 0 aliphatic rings. The van der Waals surface area contributed by atoms with Crippen LogP contribution in [0.2, 0.25) is 0 Å². The zero-order valence-corrected chi connectivity index (χ0v) is 12.9. The molecule has 106 valence electrons. The fraction of sp³-hybridized carbons (Fsp3) is 0.0909. The first-order valence-corrected chi connectivity index (χ1v) is 7.73. The van der Waals surface area contributed by atoms with Crippen LogP contribution in [-0.4, -0.2) is 0 Å². The third-order valence-corrected chi connectivity index (χ3v) is 4.50. The van der Waals surface area contributed by atoms with Gasteiger partial charge < -0.3 is 0 Å². The average Bonchev–Trinajstić information content (AvgIpc) is 2.56. The zero-order chi connectivity index (χ0) is 15.1. The lowest BCUT2D eigenvalue weighted by Crippen LogP contribution is -1.90. The highest BCUT2D eigenvalue weighted by atomic mass is 14.2. The van der Waals surface area contributed by atoms with E-state index in [1.807, 2.05) is 0 Å². The third-order valence-electron chi connectivity index (χ3n) is 4.50. The van der Waals surface area contributed by atoms with E-state index in [1.165, 1.54) is 43.8 Å². The van der Waals surface area contributed by atoms with Crippen LogP contribution in [0.3, 0.4) is 0 Å². The molecule has 0 amide bonds. The molecule has 0 radical (unpaired) electrons. The Hall–Kier alpha value is -2.60. The van der Waals surface area contributed by atoms with Gasteiger partial charge in [-0.1, -0.05) is 78.4 Å². The van der Waals surface area contributed by atoms with Gasteiger partial charge >= 0.3 is 0 Å². The van der Waals surface area contributed by atoms with E-state index in [1.54, 1.807) is 0 Å². The molecule has 0 saturated heterocycles. The van der Waals surface area contributed by atoms with Crippen molar-refractivity contribution in [3.63, 3.8) is 0 Å². The highest BCUT2D eigenvalue weighted by Crippen LogP contribution is 2.38. The molecule has 0 heterocycles. The van der Waals surface area contributed by atoms with E-state index in [4.69, 9.17) is 0 Å². The molecule has 0 aromatic heterocycles. The number of aryl methyl sites for hydroxylation is 2. The van der Waals surface area contributed by atoms with Crippen molar-refractivity contribution in [2.75, 3.05) is 0 Å². The SMILES string of the molecule is Cc1ccc2c(c1)c(-c1ccccc1)c(C)c1ccccc12. The molecular weight excluding hydrogens is 264 g/mol. The minimum Gasteiger partial charge on any atom is -0.0622 e. The van der Waals surface area contributed by atoms with E-state index in [2.05, 4.69) is 86.6 Å². The predicted octanol–water partition coefficient (Wildman–Crippen LogP) is 6.28. The van der Waals surface area contributed by atoms with Crippen molar-refractivity contribution in [2.24, 2.45) is 0 Å². The maximum atomic E-state index is 2.32. The summed E-state index contributed by atoms with van der Waals surface area (Å²) >= 11 is 0. The second kappa shape index (κ2) is 4.99. The summed E-state index contributed by atoms with van der Waals surface area (Å²) in [6.45, 7) is 4.41. The number of hydrogen-bond donors (Lipinski definition) is 0. The summed E-state index contributed by atoms with van der Waals surface area (Å²) in [4.78, 5) is 0. The maximum absolute atomic E-state index is 2.32. The van der Waals surface area contributed by atoms with Gasteiger partial charge in [0.1, 0.15) is 0 Å². The first kappa shape index (κ1) is 13.1. The second-order valence-electron chi connectivity index (χ2n) is 5.96. The van der Waals surface area contributed by atoms with Gasteiger partial charge in [0.15, 0.2) is 0 Å². The molecule has 0 spiro atoms. The van der Waals surface area contributed by atoms with E-state index in [0.717, 1.165) is 0 Å². The number of hydrogen-bond acceptors (Lipinski definition) is 0. The summed E-state index contributed by atoms with van der Waals surface area (Å²) in [7, 11) is 0. The Labute approximate surface area is 131 Å². The largest absolute Gasteiger partial charge is 0.0622 e. The van der Waals surface area contributed by atoms with Crippen molar-refractivity contribution in [3.8, 4) is 11.1 Å². The summed E-state index contributed by atoms with van der Waals surface area (Å²) < 4.78 is 0. The highest BCUT2D eigenvalue weighted by molar-refractivity contribution is 6.15. The smallest absolute Gasteiger partial charge is 0.00696 e. The van der Waals surface area contributed by atoms with Crippen LogP contribution in [0.5, 0.6) is 0 Å². The standard InChI is InChI=1S/C22H18/c1-15-12-13-20-19-11-7-6-10-18(19)16(2)22(21(20)14-15)17-8-4-3-5-9-17/h3-14H,1-2H3. The van der Waals surface area contributed by atoms with Gasteiger partial charge in [-0.05, 0) is 52.1 Å². The van der Waals surface area contributed by atoms with Crippen LogP contribution in [0.1, 0.15) is 11.1 Å². The molecule has 4 aromatic rings. The van der Waals surface area contributed by atoms with Crippen molar-refractivity contribution < 1.29 is 0 Å². The van der Waals surface area contributed by atoms with Gasteiger partial charge in [-0.15, -0.1) is 0 Å². The van der Waals surface area contributed by atoms with Crippen molar-refractivity contribution in [1.29, 1.82) is 0 Å². The van der Waals surface area contributed by atoms with Crippen molar-refractivity contribution in [2.45, 2.75) is 13.8 Å². The summed E-state index contributed by atoms with van der Waals surface area (Å²) in [6, 6.07) is 26.2. The quantitative estimate of drug-likeness (QED) is 0.360. The van der Waals surface area contributed by atoms with E-state index in [9.17, 15) is 0 Å². The minimum absolute atomic E-state index is 1.29. The molecule has 0 heteroatoms. The Morgan fingerprint density at radius 1 is 0.545 bits per heavy atom. The Morgan fingerprint density at radius 3 is 1.95 bits per heavy atom. The number of rotatable bonds is 1. The molecule has 4 aromatic carbocycles. The van der Waals surface area contributed by atoms with Gasteiger partial charge in [0.05, 0.1) is 0 Å². The minimum atomic E-state index is 1.29. The molecular formula is C22H18. The number of benzene rings is 4. The molecule has 22 heavy (non-hydrogen) atoms. The zero-order valence-electron chi connectivity index (χ0n) is 12.9. The van der Waals surface area contributed by atoms with Crippen LogP contribution in [0.4, 0.5) is 0 Å². The Kier molecular flexibility index (Phi) is 2.97. The van der Waals surface area contributed by atoms with Crippen LogP contribution < -0.4 is 0 Å². The van der Waals surface area contributed by atoms with Gasteiger partial charge in [0.25, 0.3) is 0 Å². The van der Waals surface area contributed by atoms with Crippen LogP contribution in [0.15, 0.2) is 72.8 Å². The fourth-order valence-electron chi connectivity index (χ4n) is 3.46. The van der Waals surface area contributed by atoms with Gasteiger partial charge in [0, 0.05) is 0 Å². The van der Waals surface area contributed by atoms with Crippen molar-refractivity contribution in [1.82, 2.24) is 0 Å². The van der Waals surface area contributed by atoms with Gasteiger partial charge in [-0.3, -0.25) is 0 Å². The summed E-state index contributed by atoms with van der Waals surface area (Å²) in [5.74, 6) is 0. The topological polar surface area (TPSA) is 0 Å². The van der Waals surface area contributed by atoms with E-state index in [0.29, 0.717) is 0 Å². The first-order chi connectivity index (χ1) is 10.8. The van der Waals surface area contributed by atoms with Crippen LogP contribution in [-0.2, 0) is 0 Å². The molecule has 0 saturated carbocycles. The molecule has 0 bridgehead atoms. The third kappa shape index (κ3) is 1.92. The van der Waals surface area contributed by atoms with Crippen LogP contribution in [0.25, 0.3) is 32.7 Å². The molecule has 0 unspecified atom stereocenters. The lowest BCUT2D eigenvalue weighted by atomic mass is 9.88. The molecule has 0 atom stereocenters. The Morgan fingerprint density at radius 2 is 1.18 bits per heavy atom. The van der Waals surface area contributed by atoms with Crippen LogP contribution in [0, 0.1) is 13.8 Å². The van der Waals surface area contributed by atoms with E-state index < -0.39 is 0 Å². The predicted molar refractivity (Wildman–Crippen MR) is 96.4 cm³/mol. The molecule has 0 aliphatic heterocycles. The summed E-state index contributed by atoms with van der Waals surface area (Å²) in [5.41, 5.74) is 5.32. The van der Waals surface area contributed by atoms with Crippen LogP contribution >= 0.6 is 0 Å². The van der Waals surface area contributed by atoms with E-state index >= 15 is 0 Å². The van der Waals surface area contributed by atoms with E-state index in [-0.39, 0.29) is 0 Å². The lowest BCUT2D eigenvalue weighted by molar-refractivity contribution is 1.49. The van der Waals surface area contributed by atoms with Crippen molar-refractivity contribution >= 4 is 21.5 Å². The Bertz CT molecular complexity index is 979. The van der Waals surface area contributed by atoms with Gasteiger partial charge in [-0.2, -0.15) is 0 Å². The fourth-order valence-corrected chi connectivity index (χ4v) is 3.46. The average molecular weight is 282 g/mol. The molecule has 0 aliphatic carbocycles. The summed E-state index contributed by atoms with van der Waals surface area (Å²) in [6.07, 6.45) is 0. The molecule has 0 N–H and O–H groups in total. The lowest BCUT2D eigenvalue weighted by Gasteiger charge is -2.16. The number of fused-ring (bicyclic) bond motifs is 3. The maximum Gasteiger partial charge on any atom is -0.00696 e. The Balaban J connectivity index is 2.26. The summed E-state index contributed by atoms with van der Waals surface area (Å²) in [5, 5.41) is 5.38. The monoisotopic (exact) mass is 282 g/mol. The molecule has 0 fully saturated rings. The first-order valence-electron chi connectivity index (χ1n) is 7.73. The second-order valence-corrected chi connectivity index (χ2v) is 5.96. The highest BCUT2D eigenvalue weighted by Gasteiger charge is 2.12. The van der Waals surface area contributed by atoms with Gasteiger partial charge in [-0.25, -0.2) is 0 Å². The molecule has 4 rings (SSSR count). The molecule has 0 nitrogen and oxygen atoms in total.